The van der Waals surface area contributed by atoms with Crippen molar-refractivity contribution in [1.29, 1.82) is 0 Å². The Morgan fingerprint density at radius 1 is 1.15 bits per heavy atom. The van der Waals surface area contributed by atoms with Crippen LogP contribution in [0.3, 0.4) is 0 Å². The van der Waals surface area contributed by atoms with Crippen LogP contribution in [0.2, 0.25) is 0 Å². The van der Waals surface area contributed by atoms with E-state index in [1.807, 2.05) is 12.1 Å². The van der Waals surface area contributed by atoms with Crippen LogP contribution in [0.5, 0.6) is 0 Å². The lowest BCUT2D eigenvalue weighted by atomic mass is 10.1. The van der Waals surface area contributed by atoms with Gasteiger partial charge in [-0.3, -0.25) is 0 Å². The number of benzene rings is 1. The number of nitrogens with one attached hydrogen (secondary N) is 2. The standard InChI is InChI=1S/C19H30N4O2S2/c1-21(2)10-4-9-20-19(26)22-11-13-23(14-12-22)27(24,25)18-8-7-16-5-3-6-17(16)15-18/h7-8,15H,3-6,9-14H2,1-2H3,(H,20,26)/p+1. The average molecular weight is 412 g/mol. The highest BCUT2D eigenvalue weighted by Crippen LogP contribution is 2.26. The smallest absolute Gasteiger partial charge is 0.243 e. The molecule has 1 aliphatic carbocycles. The third-order valence-corrected chi connectivity index (χ3v) is 7.66. The minimum Gasteiger partial charge on any atom is -0.362 e. The van der Waals surface area contributed by atoms with Crippen LogP contribution in [0, 0.1) is 0 Å². The molecule has 0 amide bonds. The number of thiocarbonyl (C=S) groups is 1. The third kappa shape index (κ3) is 4.99. The lowest BCUT2D eigenvalue weighted by Crippen LogP contribution is -3.05. The van der Waals surface area contributed by atoms with E-state index in [9.17, 15) is 8.42 Å². The maximum absolute atomic E-state index is 13.0. The molecule has 0 saturated carbocycles. The zero-order valence-electron chi connectivity index (χ0n) is 16.3. The molecule has 1 aliphatic heterocycles. The maximum Gasteiger partial charge on any atom is 0.243 e. The molecule has 0 bridgehead atoms. The van der Waals surface area contributed by atoms with Crippen molar-refractivity contribution in [2.75, 3.05) is 53.4 Å². The van der Waals surface area contributed by atoms with Crippen LogP contribution < -0.4 is 10.2 Å². The highest BCUT2D eigenvalue weighted by atomic mass is 32.2. The van der Waals surface area contributed by atoms with Crippen LogP contribution >= 0.6 is 12.2 Å². The number of hydrogen-bond acceptors (Lipinski definition) is 3. The molecule has 8 heteroatoms. The fraction of sp³-hybridized carbons (Fsp3) is 0.632. The molecule has 27 heavy (non-hydrogen) atoms. The minimum atomic E-state index is -3.42. The molecular formula is C19H31N4O2S2+. The number of aryl methyl sites for hydroxylation is 2. The number of fused-ring (bicyclic) bond motifs is 1. The molecule has 2 N–H and O–H groups in total. The molecule has 3 rings (SSSR count). The first-order valence-electron chi connectivity index (χ1n) is 9.81. The van der Waals surface area contributed by atoms with Gasteiger partial charge in [-0.1, -0.05) is 6.07 Å². The van der Waals surface area contributed by atoms with Gasteiger partial charge in [0, 0.05) is 39.1 Å². The lowest BCUT2D eigenvalue weighted by Gasteiger charge is -2.35. The summed E-state index contributed by atoms with van der Waals surface area (Å²) in [5.41, 5.74) is 2.49. The van der Waals surface area contributed by atoms with Gasteiger partial charge < -0.3 is 15.1 Å². The van der Waals surface area contributed by atoms with E-state index in [4.69, 9.17) is 12.2 Å². The van der Waals surface area contributed by atoms with Crippen LogP contribution in [-0.4, -0.2) is 76.1 Å². The molecule has 1 heterocycles. The first-order chi connectivity index (χ1) is 12.9. The van der Waals surface area contributed by atoms with Gasteiger partial charge in [0.05, 0.1) is 25.5 Å². The van der Waals surface area contributed by atoms with E-state index in [0.717, 1.165) is 43.9 Å². The normalized spacial score (nSPS) is 18.0. The summed E-state index contributed by atoms with van der Waals surface area (Å²) in [6.45, 7) is 4.18. The highest BCUT2D eigenvalue weighted by Gasteiger charge is 2.30. The Hall–Kier alpha value is -1.22. The molecule has 0 spiro atoms. The Morgan fingerprint density at radius 3 is 2.56 bits per heavy atom. The molecule has 1 aromatic carbocycles. The Morgan fingerprint density at radius 2 is 1.85 bits per heavy atom. The van der Waals surface area contributed by atoms with Crippen LogP contribution in [0.4, 0.5) is 0 Å². The Kier molecular flexibility index (Phi) is 6.73. The number of rotatable bonds is 6. The predicted molar refractivity (Wildman–Crippen MR) is 112 cm³/mol. The summed E-state index contributed by atoms with van der Waals surface area (Å²) in [4.78, 5) is 3.93. The maximum atomic E-state index is 13.0. The van der Waals surface area contributed by atoms with Crippen LogP contribution in [0.1, 0.15) is 24.0 Å². The van der Waals surface area contributed by atoms with Gasteiger partial charge in [0.2, 0.25) is 10.0 Å². The minimum absolute atomic E-state index is 0.434. The molecule has 2 aliphatic rings. The highest BCUT2D eigenvalue weighted by molar-refractivity contribution is 7.89. The second-order valence-corrected chi connectivity index (χ2v) is 10.0. The predicted octanol–water partition coefficient (Wildman–Crippen LogP) is -0.109. The van der Waals surface area contributed by atoms with Gasteiger partial charge >= 0.3 is 0 Å². The summed E-state index contributed by atoms with van der Waals surface area (Å²) in [5, 5.41) is 4.03. The van der Waals surface area contributed by atoms with Crippen LogP contribution in [-0.2, 0) is 22.9 Å². The van der Waals surface area contributed by atoms with Gasteiger partial charge in [-0.25, -0.2) is 8.42 Å². The number of hydrogen-bond donors (Lipinski definition) is 2. The van der Waals surface area contributed by atoms with Crippen molar-refractivity contribution in [3.8, 4) is 0 Å². The van der Waals surface area contributed by atoms with E-state index in [1.54, 1.807) is 10.4 Å². The van der Waals surface area contributed by atoms with Crippen molar-refractivity contribution in [1.82, 2.24) is 14.5 Å². The molecule has 1 fully saturated rings. The lowest BCUT2D eigenvalue weighted by molar-refractivity contribution is -0.858. The molecule has 1 saturated heterocycles. The van der Waals surface area contributed by atoms with Gasteiger partial charge in [-0.05, 0) is 54.7 Å². The van der Waals surface area contributed by atoms with Gasteiger partial charge in [-0.2, -0.15) is 4.31 Å². The fourth-order valence-corrected chi connectivity index (χ4v) is 5.50. The summed E-state index contributed by atoms with van der Waals surface area (Å²) in [6, 6.07) is 5.63. The van der Waals surface area contributed by atoms with E-state index < -0.39 is 10.0 Å². The summed E-state index contributed by atoms with van der Waals surface area (Å²) in [7, 11) is 0.853. The zero-order valence-corrected chi connectivity index (χ0v) is 18.0. The second-order valence-electron chi connectivity index (χ2n) is 7.72. The van der Waals surface area contributed by atoms with Crippen LogP contribution in [0.15, 0.2) is 23.1 Å². The summed E-state index contributed by atoms with van der Waals surface area (Å²) in [5.74, 6) is 0. The Bertz CT molecular complexity index is 772. The van der Waals surface area contributed by atoms with E-state index in [1.165, 1.54) is 16.0 Å². The van der Waals surface area contributed by atoms with Crippen molar-refractivity contribution < 1.29 is 13.3 Å². The van der Waals surface area contributed by atoms with E-state index in [2.05, 4.69) is 24.3 Å². The van der Waals surface area contributed by atoms with Crippen molar-refractivity contribution in [3.63, 3.8) is 0 Å². The first kappa shape index (κ1) is 20.5. The zero-order chi connectivity index (χ0) is 19.4. The van der Waals surface area contributed by atoms with E-state index in [-0.39, 0.29) is 0 Å². The molecule has 0 aromatic heterocycles. The van der Waals surface area contributed by atoms with Gasteiger partial charge in [0.25, 0.3) is 0 Å². The van der Waals surface area contributed by atoms with Crippen molar-refractivity contribution in [2.24, 2.45) is 0 Å². The topological polar surface area (TPSA) is 57.1 Å². The molecule has 0 unspecified atom stereocenters. The van der Waals surface area contributed by atoms with Gasteiger partial charge in [0.1, 0.15) is 0 Å². The summed E-state index contributed by atoms with van der Waals surface area (Å²) < 4.78 is 27.6. The first-order valence-corrected chi connectivity index (χ1v) is 11.7. The van der Waals surface area contributed by atoms with Crippen molar-refractivity contribution >= 4 is 27.4 Å². The van der Waals surface area contributed by atoms with Crippen molar-refractivity contribution in [3.05, 3.63) is 29.3 Å². The number of piperazine rings is 1. The molecule has 1 aromatic rings. The SMILES string of the molecule is C[NH+](C)CCCNC(=S)N1CCN(S(=O)(=O)c2ccc3c(c2)CCC3)CC1. The largest absolute Gasteiger partial charge is 0.362 e. The molecular weight excluding hydrogens is 380 g/mol. The average Bonchev–Trinajstić information content (AvgIpc) is 3.13. The monoisotopic (exact) mass is 411 g/mol. The number of quaternary nitrogens is 1. The molecule has 0 atom stereocenters. The Labute approximate surface area is 168 Å². The number of nitrogens with zero attached hydrogens (tertiary/aromatic N) is 2. The Balaban J connectivity index is 1.53. The van der Waals surface area contributed by atoms with Crippen molar-refractivity contribution in [2.45, 2.75) is 30.6 Å². The molecule has 0 radical (unpaired) electrons. The summed E-state index contributed by atoms with van der Waals surface area (Å²) >= 11 is 5.47. The summed E-state index contributed by atoms with van der Waals surface area (Å²) in [6.07, 6.45) is 4.24. The molecule has 6 nitrogen and oxygen atoms in total. The van der Waals surface area contributed by atoms with Crippen LogP contribution in [0.25, 0.3) is 0 Å². The number of sulfonamides is 1. The quantitative estimate of drug-likeness (QED) is 0.505. The fourth-order valence-electron chi connectivity index (χ4n) is 3.74. The van der Waals surface area contributed by atoms with Gasteiger partial charge in [0.15, 0.2) is 5.11 Å². The van der Waals surface area contributed by atoms with E-state index in [0.29, 0.717) is 31.1 Å². The third-order valence-electron chi connectivity index (χ3n) is 5.36. The van der Waals surface area contributed by atoms with Gasteiger partial charge in [-0.15, -0.1) is 0 Å². The molecule has 150 valence electrons. The second kappa shape index (κ2) is 8.86. The van der Waals surface area contributed by atoms with E-state index >= 15 is 0 Å².